The topological polar surface area (TPSA) is 72.8 Å². The molecule has 0 saturated heterocycles. The standard InChI is InChI=1S/C20H19BrN4O2S/c1-13(2)22-20-24(19(12-28-20)16-4-8-17(21)9-5-16)23-14(3)15-6-10-18(11-7-15)25(26)27/h4-13H,1-3H3. The van der Waals surface area contributed by atoms with Crippen molar-refractivity contribution in [2.45, 2.75) is 26.8 Å². The lowest BCUT2D eigenvalue weighted by molar-refractivity contribution is -0.384. The van der Waals surface area contributed by atoms with E-state index in [1.807, 2.05) is 55.1 Å². The number of nitro groups is 1. The molecule has 1 heterocycles. The van der Waals surface area contributed by atoms with E-state index in [0.29, 0.717) is 0 Å². The monoisotopic (exact) mass is 458 g/mol. The van der Waals surface area contributed by atoms with Gasteiger partial charge in [0.2, 0.25) is 4.80 Å². The Bertz CT molecular complexity index is 1080. The molecule has 2 aromatic carbocycles. The van der Waals surface area contributed by atoms with Gasteiger partial charge in [0, 0.05) is 33.6 Å². The Kier molecular flexibility index (Phi) is 6.21. The van der Waals surface area contributed by atoms with Crippen molar-refractivity contribution in [2.75, 3.05) is 0 Å². The van der Waals surface area contributed by atoms with Crippen LogP contribution in [0.4, 0.5) is 5.69 Å². The summed E-state index contributed by atoms with van der Waals surface area (Å²) in [6.07, 6.45) is 0. The molecule has 28 heavy (non-hydrogen) atoms. The first-order valence-corrected chi connectivity index (χ1v) is 10.3. The van der Waals surface area contributed by atoms with Gasteiger partial charge >= 0.3 is 0 Å². The molecule has 1 aromatic heterocycles. The van der Waals surface area contributed by atoms with Crippen molar-refractivity contribution in [3.63, 3.8) is 0 Å². The third-order valence-electron chi connectivity index (χ3n) is 3.94. The predicted molar refractivity (Wildman–Crippen MR) is 117 cm³/mol. The summed E-state index contributed by atoms with van der Waals surface area (Å²) in [6.45, 7) is 5.93. The molecule has 0 aliphatic carbocycles. The van der Waals surface area contributed by atoms with E-state index in [4.69, 9.17) is 5.10 Å². The number of thiazole rings is 1. The average Bonchev–Trinajstić information content (AvgIpc) is 3.04. The lowest BCUT2D eigenvalue weighted by Crippen LogP contribution is -2.16. The SMILES string of the molecule is CC(=Nn1c(-c2ccc(Br)cc2)csc1=NC(C)C)c1ccc([N+](=O)[O-])cc1. The molecule has 0 atom stereocenters. The molecule has 0 aliphatic rings. The van der Waals surface area contributed by atoms with Gasteiger partial charge in [0.15, 0.2) is 0 Å². The molecule has 0 N–H and O–H groups in total. The molecule has 0 fully saturated rings. The summed E-state index contributed by atoms with van der Waals surface area (Å²) in [5, 5.41) is 17.7. The number of non-ortho nitro benzene ring substituents is 1. The van der Waals surface area contributed by atoms with Crippen LogP contribution >= 0.6 is 27.3 Å². The fraction of sp³-hybridized carbons (Fsp3) is 0.200. The van der Waals surface area contributed by atoms with E-state index in [1.165, 1.54) is 23.5 Å². The molecule has 0 bridgehead atoms. The van der Waals surface area contributed by atoms with Crippen LogP contribution < -0.4 is 4.80 Å². The van der Waals surface area contributed by atoms with E-state index < -0.39 is 4.92 Å². The molecule has 0 aliphatic heterocycles. The van der Waals surface area contributed by atoms with Gasteiger partial charge in [-0.25, -0.2) is 4.68 Å². The van der Waals surface area contributed by atoms with Crippen molar-refractivity contribution in [1.82, 2.24) is 4.68 Å². The Morgan fingerprint density at radius 2 is 1.79 bits per heavy atom. The lowest BCUT2D eigenvalue weighted by atomic mass is 10.1. The Hall–Kier alpha value is -2.58. The van der Waals surface area contributed by atoms with Crippen molar-refractivity contribution in [3.05, 3.63) is 78.9 Å². The zero-order valence-corrected chi connectivity index (χ0v) is 18.1. The quantitative estimate of drug-likeness (QED) is 0.288. The first kappa shape index (κ1) is 20.2. The molecule has 0 spiro atoms. The fourth-order valence-corrected chi connectivity index (χ4v) is 3.79. The van der Waals surface area contributed by atoms with Crippen LogP contribution in [0.5, 0.6) is 0 Å². The highest BCUT2D eigenvalue weighted by atomic mass is 79.9. The summed E-state index contributed by atoms with van der Waals surface area (Å²) in [4.78, 5) is 15.9. The van der Waals surface area contributed by atoms with Gasteiger partial charge in [-0.1, -0.05) is 28.1 Å². The number of benzene rings is 2. The van der Waals surface area contributed by atoms with E-state index in [1.54, 1.807) is 12.1 Å². The molecular formula is C20H19BrN4O2S. The first-order valence-electron chi connectivity index (χ1n) is 8.66. The Morgan fingerprint density at radius 1 is 1.14 bits per heavy atom. The van der Waals surface area contributed by atoms with Crippen LogP contribution in [0.3, 0.4) is 0 Å². The second-order valence-corrected chi connectivity index (χ2v) is 8.19. The molecule has 0 amide bonds. The van der Waals surface area contributed by atoms with Gasteiger partial charge in [0.05, 0.1) is 16.3 Å². The predicted octanol–water partition coefficient (Wildman–Crippen LogP) is 5.47. The van der Waals surface area contributed by atoms with Crippen LogP contribution in [0, 0.1) is 10.1 Å². The van der Waals surface area contributed by atoms with Crippen LogP contribution in [0.15, 0.2) is 68.5 Å². The molecule has 0 radical (unpaired) electrons. The van der Waals surface area contributed by atoms with Crippen molar-refractivity contribution in [1.29, 1.82) is 0 Å². The summed E-state index contributed by atoms with van der Waals surface area (Å²) >= 11 is 5.00. The van der Waals surface area contributed by atoms with Crippen molar-refractivity contribution in [2.24, 2.45) is 10.1 Å². The molecule has 3 rings (SSSR count). The van der Waals surface area contributed by atoms with Gasteiger partial charge in [-0.3, -0.25) is 15.1 Å². The number of hydrogen-bond donors (Lipinski definition) is 0. The number of nitrogens with zero attached hydrogens (tertiary/aromatic N) is 4. The van der Waals surface area contributed by atoms with Crippen molar-refractivity contribution in [3.8, 4) is 11.3 Å². The Labute approximate surface area is 175 Å². The number of rotatable bonds is 5. The maximum atomic E-state index is 10.9. The number of hydrogen-bond acceptors (Lipinski definition) is 5. The highest BCUT2D eigenvalue weighted by Crippen LogP contribution is 2.23. The summed E-state index contributed by atoms with van der Waals surface area (Å²) in [7, 11) is 0. The minimum absolute atomic E-state index is 0.0609. The lowest BCUT2D eigenvalue weighted by Gasteiger charge is -2.07. The number of nitro benzene ring substituents is 1. The van der Waals surface area contributed by atoms with Crippen LogP contribution in [-0.4, -0.2) is 21.4 Å². The highest BCUT2D eigenvalue weighted by molar-refractivity contribution is 9.10. The van der Waals surface area contributed by atoms with Gasteiger partial charge < -0.3 is 0 Å². The van der Waals surface area contributed by atoms with E-state index in [0.717, 1.165) is 31.8 Å². The minimum atomic E-state index is -0.408. The van der Waals surface area contributed by atoms with Gasteiger partial charge in [0.25, 0.3) is 5.69 Å². The van der Waals surface area contributed by atoms with Gasteiger partial charge in [0.1, 0.15) is 0 Å². The molecular weight excluding hydrogens is 440 g/mol. The normalized spacial score (nSPS) is 12.6. The third-order valence-corrected chi connectivity index (χ3v) is 5.30. The number of aromatic nitrogens is 1. The van der Waals surface area contributed by atoms with Crippen molar-refractivity contribution < 1.29 is 4.92 Å². The maximum Gasteiger partial charge on any atom is 0.269 e. The molecule has 3 aromatic rings. The van der Waals surface area contributed by atoms with Gasteiger partial charge in [-0.15, -0.1) is 11.3 Å². The number of halogens is 1. The zero-order chi connectivity index (χ0) is 20.3. The Morgan fingerprint density at radius 3 is 2.36 bits per heavy atom. The van der Waals surface area contributed by atoms with E-state index in [-0.39, 0.29) is 11.7 Å². The van der Waals surface area contributed by atoms with E-state index in [2.05, 4.69) is 20.9 Å². The van der Waals surface area contributed by atoms with Crippen LogP contribution in [0.25, 0.3) is 11.3 Å². The third kappa shape index (κ3) is 4.63. The summed E-state index contributed by atoms with van der Waals surface area (Å²) in [5.74, 6) is 0. The highest BCUT2D eigenvalue weighted by Gasteiger charge is 2.10. The average molecular weight is 459 g/mol. The molecule has 8 heteroatoms. The second kappa shape index (κ2) is 8.62. The van der Waals surface area contributed by atoms with E-state index in [9.17, 15) is 10.1 Å². The van der Waals surface area contributed by atoms with Gasteiger partial charge in [-0.05, 0) is 50.6 Å². The first-order chi connectivity index (χ1) is 13.3. The molecule has 6 nitrogen and oxygen atoms in total. The summed E-state index contributed by atoms with van der Waals surface area (Å²) < 4.78 is 2.85. The molecule has 0 saturated carbocycles. The van der Waals surface area contributed by atoms with Crippen LogP contribution in [-0.2, 0) is 0 Å². The molecule has 0 unspecified atom stereocenters. The Balaban J connectivity index is 2.10. The molecule has 144 valence electrons. The second-order valence-electron chi connectivity index (χ2n) is 6.43. The minimum Gasteiger partial charge on any atom is -0.258 e. The summed E-state index contributed by atoms with van der Waals surface area (Å²) in [5.41, 5.74) is 3.60. The smallest absolute Gasteiger partial charge is 0.258 e. The maximum absolute atomic E-state index is 10.9. The zero-order valence-electron chi connectivity index (χ0n) is 15.7. The summed E-state index contributed by atoms with van der Waals surface area (Å²) in [6, 6.07) is 14.6. The van der Waals surface area contributed by atoms with Crippen molar-refractivity contribution >= 4 is 38.7 Å². The van der Waals surface area contributed by atoms with Crippen LogP contribution in [0.2, 0.25) is 0 Å². The largest absolute Gasteiger partial charge is 0.269 e. The van der Waals surface area contributed by atoms with E-state index >= 15 is 0 Å². The van der Waals surface area contributed by atoms with Gasteiger partial charge in [-0.2, -0.15) is 5.10 Å². The fourth-order valence-electron chi connectivity index (χ4n) is 2.56. The van der Waals surface area contributed by atoms with Crippen LogP contribution in [0.1, 0.15) is 26.3 Å².